The number of ether oxygens (including phenoxy) is 1. The highest BCUT2D eigenvalue weighted by Crippen LogP contribution is 2.30. The van der Waals surface area contributed by atoms with Crippen LogP contribution in [0.4, 0.5) is 0 Å². The van der Waals surface area contributed by atoms with Gasteiger partial charge in [-0.1, -0.05) is 0 Å². The summed E-state index contributed by atoms with van der Waals surface area (Å²) in [5, 5.41) is 2.97. The smallest absolute Gasteiger partial charge is 0.227 e. The molecule has 1 aliphatic carbocycles. The molecule has 2 heterocycles. The van der Waals surface area contributed by atoms with Crippen LogP contribution in [0.1, 0.15) is 21.7 Å². The Kier molecular flexibility index (Phi) is 3.37. The monoisotopic (exact) mass is 266 g/mol. The van der Waals surface area contributed by atoms with E-state index in [-0.39, 0.29) is 17.9 Å². The lowest BCUT2D eigenvalue weighted by molar-refractivity contribution is -0.125. The minimum atomic E-state index is -0.184. The van der Waals surface area contributed by atoms with Crippen LogP contribution in [0, 0.1) is 5.92 Å². The zero-order chi connectivity index (χ0) is 12.5. The van der Waals surface area contributed by atoms with E-state index in [1.807, 2.05) is 11.3 Å². The molecule has 2 aliphatic rings. The van der Waals surface area contributed by atoms with Crippen LogP contribution in [-0.4, -0.2) is 25.2 Å². The van der Waals surface area contributed by atoms with Gasteiger partial charge in [0.05, 0.1) is 25.7 Å². The lowest BCUT2D eigenvalue weighted by atomic mass is 10.0. The zero-order valence-electron chi connectivity index (χ0n) is 10.3. The van der Waals surface area contributed by atoms with E-state index in [4.69, 9.17) is 10.5 Å². The Morgan fingerprint density at radius 2 is 2.39 bits per heavy atom. The molecule has 1 fully saturated rings. The van der Waals surface area contributed by atoms with Crippen molar-refractivity contribution in [1.82, 2.24) is 5.32 Å². The molecule has 2 atom stereocenters. The first-order chi connectivity index (χ1) is 8.74. The molecule has 3 rings (SSSR count). The van der Waals surface area contributed by atoms with Crippen molar-refractivity contribution < 1.29 is 9.53 Å². The van der Waals surface area contributed by atoms with Crippen LogP contribution >= 0.6 is 11.3 Å². The topological polar surface area (TPSA) is 64.3 Å². The number of nitrogens with two attached hydrogens (primary N) is 1. The largest absolute Gasteiger partial charge is 0.379 e. The molecule has 0 saturated carbocycles. The van der Waals surface area contributed by atoms with Gasteiger partial charge in [-0.3, -0.25) is 4.79 Å². The van der Waals surface area contributed by atoms with Gasteiger partial charge in [0.2, 0.25) is 5.91 Å². The second-order valence-corrected chi connectivity index (χ2v) is 6.26. The second-order valence-electron chi connectivity index (χ2n) is 5.04. The Balaban J connectivity index is 1.55. The summed E-state index contributed by atoms with van der Waals surface area (Å²) >= 11 is 1.83. The maximum atomic E-state index is 11.9. The average molecular weight is 266 g/mol. The molecular formula is C13H18N2O2S. The number of rotatable bonds is 3. The number of hydrogen-bond acceptors (Lipinski definition) is 4. The summed E-state index contributed by atoms with van der Waals surface area (Å²) in [5.41, 5.74) is 7.30. The van der Waals surface area contributed by atoms with Gasteiger partial charge in [0.15, 0.2) is 0 Å². The van der Waals surface area contributed by atoms with Crippen molar-refractivity contribution in [3.8, 4) is 0 Å². The summed E-state index contributed by atoms with van der Waals surface area (Å²) < 4.78 is 5.21. The predicted octanol–water partition coefficient (Wildman–Crippen LogP) is 0.827. The minimum absolute atomic E-state index is 0.0218. The van der Waals surface area contributed by atoms with Gasteiger partial charge in [-0.2, -0.15) is 0 Å². The SMILES string of the molecule is NC1COCC1C(=O)NCc1cc2c(s1)CCC2. The molecule has 18 heavy (non-hydrogen) atoms. The highest BCUT2D eigenvalue weighted by Gasteiger charge is 2.31. The number of carbonyl (C=O) groups is 1. The fourth-order valence-electron chi connectivity index (χ4n) is 2.62. The van der Waals surface area contributed by atoms with Gasteiger partial charge in [0.25, 0.3) is 0 Å². The van der Waals surface area contributed by atoms with Crippen molar-refractivity contribution in [1.29, 1.82) is 0 Å². The number of nitrogens with one attached hydrogen (secondary N) is 1. The molecule has 5 heteroatoms. The molecule has 1 saturated heterocycles. The van der Waals surface area contributed by atoms with E-state index in [0.29, 0.717) is 19.8 Å². The van der Waals surface area contributed by atoms with Crippen LogP contribution in [0.15, 0.2) is 6.07 Å². The van der Waals surface area contributed by atoms with Crippen molar-refractivity contribution in [2.45, 2.75) is 31.8 Å². The summed E-state index contributed by atoms with van der Waals surface area (Å²) in [4.78, 5) is 14.7. The number of aryl methyl sites for hydroxylation is 2. The summed E-state index contributed by atoms with van der Waals surface area (Å²) in [6, 6.07) is 2.08. The second kappa shape index (κ2) is 4.99. The van der Waals surface area contributed by atoms with E-state index in [1.54, 1.807) is 0 Å². The Morgan fingerprint density at radius 1 is 1.50 bits per heavy atom. The van der Waals surface area contributed by atoms with Gasteiger partial charge in [0.1, 0.15) is 0 Å². The number of fused-ring (bicyclic) bond motifs is 1. The fourth-order valence-corrected chi connectivity index (χ4v) is 3.82. The van der Waals surface area contributed by atoms with Crippen LogP contribution in [-0.2, 0) is 28.9 Å². The molecule has 1 aromatic heterocycles. The van der Waals surface area contributed by atoms with E-state index in [9.17, 15) is 4.79 Å². The van der Waals surface area contributed by atoms with Gasteiger partial charge < -0.3 is 15.8 Å². The van der Waals surface area contributed by atoms with E-state index in [2.05, 4.69) is 11.4 Å². The Hall–Kier alpha value is -0.910. The molecule has 0 aromatic carbocycles. The first kappa shape index (κ1) is 12.1. The molecule has 98 valence electrons. The van der Waals surface area contributed by atoms with Crippen LogP contribution in [0.2, 0.25) is 0 Å². The maximum absolute atomic E-state index is 11.9. The van der Waals surface area contributed by atoms with E-state index in [1.165, 1.54) is 34.6 Å². The molecule has 4 nitrogen and oxygen atoms in total. The van der Waals surface area contributed by atoms with Crippen molar-refractivity contribution >= 4 is 17.2 Å². The Labute approximate surface area is 111 Å². The molecule has 3 N–H and O–H groups in total. The molecule has 0 radical (unpaired) electrons. The lowest BCUT2D eigenvalue weighted by Crippen LogP contribution is -2.40. The van der Waals surface area contributed by atoms with E-state index >= 15 is 0 Å². The normalized spacial score (nSPS) is 26.3. The van der Waals surface area contributed by atoms with Crippen LogP contribution in [0.25, 0.3) is 0 Å². The summed E-state index contributed by atoms with van der Waals surface area (Å²) in [5.74, 6) is -0.162. The fraction of sp³-hybridized carbons (Fsp3) is 0.615. The lowest BCUT2D eigenvalue weighted by Gasteiger charge is -2.12. The maximum Gasteiger partial charge on any atom is 0.227 e. The summed E-state index contributed by atoms with van der Waals surface area (Å²) in [6.07, 6.45) is 3.68. The highest BCUT2D eigenvalue weighted by molar-refractivity contribution is 7.12. The third-order valence-corrected chi connectivity index (χ3v) is 4.93. The first-order valence-corrected chi connectivity index (χ1v) is 7.27. The third-order valence-electron chi connectivity index (χ3n) is 3.70. The van der Waals surface area contributed by atoms with Gasteiger partial charge >= 0.3 is 0 Å². The van der Waals surface area contributed by atoms with Crippen molar-refractivity contribution in [2.75, 3.05) is 13.2 Å². The van der Waals surface area contributed by atoms with Crippen LogP contribution < -0.4 is 11.1 Å². The van der Waals surface area contributed by atoms with Crippen molar-refractivity contribution in [2.24, 2.45) is 11.7 Å². The van der Waals surface area contributed by atoms with Gasteiger partial charge in [-0.05, 0) is 30.9 Å². The van der Waals surface area contributed by atoms with E-state index < -0.39 is 0 Å². The summed E-state index contributed by atoms with van der Waals surface area (Å²) in [7, 11) is 0. The standard InChI is InChI=1S/C13H18N2O2S/c14-11-7-17-6-10(11)13(16)15-5-9-4-8-2-1-3-12(8)18-9/h4,10-11H,1-3,5-7,14H2,(H,15,16). The first-order valence-electron chi connectivity index (χ1n) is 6.45. The number of hydrogen-bond donors (Lipinski definition) is 2. The Bertz CT molecular complexity index is 436. The molecule has 1 amide bonds. The van der Waals surface area contributed by atoms with Crippen LogP contribution in [0.5, 0.6) is 0 Å². The molecule has 2 unspecified atom stereocenters. The molecular weight excluding hydrogens is 248 g/mol. The number of carbonyl (C=O) groups excluding carboxylic acids is 1. The highest BCUT2D eigenvalue weighted by atomic mass is 32.1. The molecule has 1 aromatic rings. The minimum Gasteiger partial charge on any atom is -0.379 e. The van der Waals surface area contributed by atoms with Gasteiger partial charge in [-0.15, -0.1) is 11.3 Å². The molecule has 1 aliphatic heterocycles. The molecule has 0 bridgehead atoms. The Morgan fingerprint density at radius 3 is 3.11 bits per heavy atom. The van der Waals surface area contributed by atoms with Crippen molar-refractivity contribution in [3.05, 3.63) is 21.4 Å². The predicted molar refractivity (Wildman–Crippen MR) is 70.5 cm³/mol. The third kappa shape index (κ3) is 2.30. The van der Waals surface area contributed by atoms with E-state index in [0.717, 1.165) is 0 Å². The zero-order valence-corrected chi connectivity index (χ0v) is 11.1. The summed E-state index contributed by atoms with van der Waals surface area (Å²) in [6.45, 7) is 1.57. The van der Waals surface area contributed by atoms with Gasteiger partial charge in [-0.25, -0.2) is 0 Å². The van der Waals surface area contributed by atoms with Crippen LogP contribution in [0.3, 0.4) is 0 Å². The average Bonchev–Trinajstić information content (AvgIpc) is 3.00. The van der Waals surface area contributed by atoms with Gasteiger partial charge in [0, 0.05) is 15.8 Å². The van der Waals surface area contributed by atoms with Crippen molar-refractivity contribution in [3.63, 3.8) is 0 Å². The quantitative estimate of drug-likeness (QED) is 0.851. The molecule has 0 spiro atoms. The number of thiophene rings is 1. The number of amides is 1.